The number of anilines is 1. The molecular formula is C9H11BrN2O. The maximum absolute atomic E-state index is 11.2. The van der Waals surface area contributed by atoms with Crippen LogP contribution in [-0.2, 0) is 4.79 Å². The molecule has 70 valence electrons. The number of rotatable bonds is 3. The van der Waals surface area contributed by atoms with Crippen molar-refractivity contribution in [1.29, 1.82) is 0 Å². The number of hydrogen-bond acceptors (Lipinski definition) is 2. The Hall–Kier alpha value is -0.900. The molecule has 0 atom stereocenters. The maximum atomic E-state index is 11.2. The maximum Gasteiger partial charge on any atom is 0.225 e. The number of aromatic nitrogens is 1. The Morgan fingerprint density at radius 1 is 1.62 bits per heavy atom. The SMILES string of the molecule is Cc1cncc(NC(=O)CCBr)c1. The molecule has 1 aromatic heterocycles. The van der Waals surface area contributed by atoms with Gasteiger partial charge in [-0.15, -0.1) is 0 Å². The van der Waals surface area contributed by atoms with Crippen LogP contribution in [0.5, 0.6) is 0 Å². The molecular weight excluding hydrogens is 232 g/mol. The topological polar surface area (TPSA) is 42.0 Å². The van der Waals surface area contributed by atoms with E-state index in [0.29, 0.717) is 11.8 Å². The average molecular weight is 243 g/mol. The highest BCUT2D eigenvalue weighted by atomic mass is 79.9. The number of pyridine rings is 1. The molecule has 1 rings (SSSR count). The highest BCUT2D eigenvalue weighted by Gasteiger charge is 2.00. The summed E-state index contributed by atoms with van der Waals surface area (Å²) in [6, 6.07) is 1.89. The van der Waals surface area contributed by atoms with Crippen LogP contribution in [0.3, 0.4) is 0 Å². The first-order valence-corrected chi connectivity index (χ1v) is 5.12. The lowest BCUT2D eigenvalue weighted by molar-refractivity contribution is -0.115. The van der Waals surface area contributed by atoms with E-state index >= 15 is 0 Å². The van der Waals surface area contributed by atoms with Gasteiger partial charge in [-0.3, -0.25) is 9.78 Å². The van der Waals surface area contributed by atoms with Crippen LogP contribution >= 0.6 is 15.9 Å². The third-order valence-electron chi connectivity index (χ3n) is 1.48. The molecule has 0 bridgehead atoms. The van der Waals surface area contributed by atoms with Crippen LogP contribution in [0.1, 0.15) is 12.0 Å². The van der Waals surface area contributed by atoms with Crippen LogP contribution in [0.4, 0.5) is 5.69 Å². The fraction of sp³-hybridized carbons (Fsp3) is 0.333. The van der Waals surface area contributed by atoms with Crippen molar-refractivity contribution in [1.82, 2.24) is 4.98 Å². The first kappa shape index (κ1) is 10.2. The summed E-state index contributed by atoms with van der Waals surface area (Å²) in [4.78, 5) is 15.1. The predicted octanol–water partition coefficient (Wildman–Crippen LogP) is 2.11. The Morgan fingerprint density at radius 2 is 2.38 bits per heavy atom. The van der Waals surface area contributed by atoms with Gasteiger partial charge in [0, 0.05) is 17.9 Å². The summed E-state index contributed by atoms with van der Waals surface area (Å²) in [6.45, 7) is 1.94. The van der Waals surface area contributed by atoms with E-state index in [9.17, 15) is 4.79 Å². The summed E-state index contributed by atoms with van der Waals surface area (Å²) in [5, 5.41) is 3.43. The van der Waals surface area contributed by atoms with Crippen LogP contribution in [0, 0.1) is 6.92 Å². The van der Waals surface area contributed by atoms with E-state index in [1.54, 1.807) is 12.4 Å². The molecule has 0 unspecified atom stereocenters. The quantitative estimate of drug-likeness (QED) is 0.826. The first-order valence-electron chi connectivity index (χ1n) is 4.00. The van der Waals surface area contributed by atoms with Crippen molar-refractivity contribution in [3.63, 3.8) is 0 Å². The van der Waals surface area contributed by atoms with Crippen LogP contribution in [0.2, 0.25) is 0 Å². The fourth-order valence-electron chi connectivity index (χ4n) is 0.933. The molecule has 0 radical (unpaired) electrons. The number of aryl methyl sites for hydroxylation is 1. The molecule has 1 N–H and O–H groups in total. The zero-order valence-corrected chi connectivity index (χ0v) is 8.97. The van der Waals surface area contributed by atoms with E-state index in [-0.39, 0.29) is 5.91 Å². The zero-order chi connectivity index (χ0) is 9.68. The highest BCUT2D eigenvalue weighted by molar-refractivity contribution is 9.09. The zero-order valence-electron chi connectivity index (χ0n) is 7.38. The second-order valence-electron chi connectivity index (χ2n) is 2.74. The number of alkyl halides is 1. The Morgan fingerprint density at radius 3 is 3.00 bits per heavy atom. The Kier molecular flexibility index (Phi) is 3.89. The van der Waals surface area contributed by atoms with Gasteiger partial charge >= 0.3 is 0 Å². The standard InChI is InChI=1S/C9H11BrN2O/c1-7-4-8(6-11-5-7)12-9(13)2-3-10/h4-6H,2-3H2,1H3,(H,12,13). The van der Waals surface area contributed by atoms with Crippen molar-refractivity contribution in [2.24, 2.45) is 0 Å². The Balaban J connectivity index is 2.58. The number of nitrogens with one attached hydrogen (secondary N) is 1. The normalized spacial score (nSPS) is 9.69. The van der Waals surface area contributed by atoms with Crippen LogP contribution in [-0.4, -0.2) is 16.2 Å². The summed E-state index contributed by atoms with van der Waals surface area (Å²) in [7, 11) is 0. The number of nitrogens with zero attached hydrogens (tertiary/aromatic N) is 1. The summed E-state index contributed by atoms with van der Waals surface area (Å²) >= 11 is 3.20. The van der Waals surface area contributed by atoms with Gasteiger partial charge in [-0.25, -0.2) is 0 Å². The molecule has 0 saturated carbocycles. The number of halogens is 1. The van der Waals surface area contributed by atoms with Crippen LogP contribution in [0.15, 0.2) is 18.5 Å². The lowest BCUT2D eigenvalue weighted by Crippen LogP contribution is -2.11. The second-order valence-corrected chi connectivity index (χ2v) is 3.53. The number of carbonyl (C=O) groups excluding carboxylic acids is 1. The summed E-state index contributed by atoms with van der Waals surface area (Å²) in [5.74, 6) is 0.00396. The Labute approximate surface area is 85.7 Å². The van der Waals surface area contributed by atoms with Gasteiger partial charge in [0.15, 0.2) is 0 Å². The fourth-order valence-corrected chi connectivity index (χ4v) is 1.29. The predicted molar refractivity (Wildman–Crippen MR) is 56.0 cm³/mol. The molecule has 3 nitrogen and oxygen atoms in total. The van der Waals surface area contributed by atoms with E-state index in [2.05, 4.69) is 26.2 Å². The average Bonchev–Trinajstić information content (AvgIpc) is 2.04. The molecule has 0 aromatic carbocycles. The molecule has 0 aliphatic rings. The van der Waals surface area contributed by atoms with Gasteiger partial charge in [-0.05, 0) is 18.6 Å². The highest BCUT2D eigenvalue weighted by Crippen LogP contribution is 2.07. The largest absolute Gasteiger partial charge is 0.325 e. The van der Waals surface area contributed by atoms with Crippen molar-refractivity contribution >= 4 is 27.5 Å². The molecule has 1 aromatic rings. The van der Waals surface area contributed by atoms with E-state index in [1.807, 2.05) is 13.0 Å². The third-order valence-corrected chi connectivity index (χ3v) is 1.88. The number of amides is 1. The molecule has 4 heteroatoms. The molecule has 0 saturated heterocycles. The molecule has 1 amide bonds. The molecule has 0 fully saturated rings. The van der Waals surface area contributed by atoms with Gasteiger partial charge < -0.3 is 5.32 Å². The van der Waals surface area contributed by atoms with Gasteiger partial charge in [-0.1, -0.05) is 15.9 Å². The van der Waals surface area contributed by atoms with Crippen molar-refractivity contribution in [2.45, 2.75) is 13.3 Å². The van der Waals surface area contributed by atoms with Crippen LogP contribution < -0.4 is 5.32 Å². The van der Waals surface area contributed by atoms with Gasteiger partial charge in [0.2, 0.25) is 5.91 Å². The monoisotopic (exact) mass is 242 g/mol. The van der Waals surface area contributed by atoms with E-state index in [1.165, 1.54) is 0 Å². The van der Waals surface area contributed by atoms with Gasteiger partial charge in [0.25, 0.3) is 0 Å². The molecule has 0 aliphatic heterocycles. The Bertz CT molecular complexity index is 301. The van der Waals surface area contributed by atoms with Crippen molar-refractivity contribution in [3.8, 4) is 0 Å². The van der Waals surface area contributed by atoms with E-state index in [4.69, 9.17) is 0 Å². The van der Waals surface area contributed by atoms with Gasteiger partial charge in [-0.2, -0.15) is 0 Å². The summed E-state index contributed by atoms with van der Waals surface area (Å²) < 4.78 is 0. The second kappa shape index (κ2) is 4.97. The minimum Gasteiger partial charge on any atom is -0.325 e. The van der Waals surface area contributed by atoms with Crippen molar-refractivity contribution in [2.75, 3.05) is 10.6 Å². The molecule has 0 spiro atoms. The summed E-state index contributed by atoms with van der Waals surface area (Å²) in [6.07, 6.45) is 3.87. The lowest BCUT2D eigenvalue weighted by atomic mass is 10.3. The first-order chi connectivity index (χ1) is 6.22. The van der Waals surface area contributed by atoms with Gasteiger partial charge in [0.1, 0.15) is 0 Å². The van der Waals surface area contributed by atoms with Gasteiger partial charge in [0.05, 0.1) is 11.9 Å². The number of hydrogen-bond donors (Lipinski definition) is 1. The van der Waals surface area contributed by atoms with E-state index < -0.39 is 0 Å². The molecule has 13 heavy (non-hydrogen) atoms. The summed E-state index contributed by atoms with van der Waals surface area (Å²) in [5.41, 5.74) is 1.79. The van der Waals surface area contributed by atoms with Crippen LogP contribution in [0.25, 0.3) is 0 Å². The van der Waals surface area contributed by atoms with E-state index in [0.717, 1.165) is 11.3 Å². The lowest BCUT2D eigenvalue weighted by Gasteiger charge is -2.03. The molecule has 1 heterocycles. The third kappa shape index (κ3) is 3.55. The number of carbonyl (C=O) groups is 1. The minimum absolute atomic E-state index is 0.00396. The molecule has 0 aliphatic carbocycles. The minimum atomic E-state index is 0.00396. The van der Waals surface area contributed by atoms with Crippen molar-refractivity contribution < 1.29 is 4.79 Å². The smallest absolute Gasteiger partial charge is 0.225 e. The van der Waals surface area contributed by atoms with Crippen molar-refractivity contribution in [3.05, 3.63) is 24.0 Å².